The van der Waals surface area contributed by atoms with Crippen molar-refractivity contribution in [2.45, 2.75) is 25.7 Å². The SMILES string of the molecule is CCCOc1cc(C2Nc3ccccc3C(=O)N2CC(F)(F)F)ccc1OC. The molecule has 0 bridgehead atoms. The molecular formula is C20H21F3N2O3. The van der Waals surface area contributed by atoms with E-state index in [4.69, 9.17) is 9.47 Å². The fraction of sp³-hybridized carbons (Fsp3) is 0.350. The Hall–Kier alpha value is -2.90. The lowest BCUT2D eigenvalue weighted by atomic mass is 10.0. The summed E-state index contributed by atoms with van der Waals surface area (Å²) in [6, 6.07) is 11.4. The molecule has 1 aliphatic heterocycles. The van der Waals surface area contributed by atoms with Crippen molar-refractivity contribution in [3.63, 3.8) is 0 Å². The molecule has 1 atom stereocenters. The van der Waals surface area contributed by atoms with E-state index in [1.807, 2.05) is 6.92 Å². The molecule has 1 aliphatic rings. The van der Waals surface area contributed by atoms with Crippen molar-refractivity contribution < 1.29 is 27.4 Å². The largest absolute Gasteiger partial charge is 0.493 e. The lowest BCUT2D eigenvalue weighted by molar-refractivity contribution is -0.144. The molecular weight excluding hydrogens is 373 g/mol. The predicted octanol–water partition coefficient (Wildman–Crippen LogP) is 4.61. The van der Waals surface area contributed by atoms with Gasteiger partial charge >= 0.3 is 6.18 Å². The van der Waals surface area contributed by atoms with E-state index in [0.29, 0.717) is 29.4 Å². The third kappa shape index (κ3) is 4.16. The van der Waals surface area contributed by atoms with Crippen LogP contribution in [0.3, 0.4) is 0 Å². The zero-order valence-electron chi connectivity index (χ0n) is 15.5. The molecule has 28 heavy (non-hydrogen) atoms. The number of methoxy groups -OCH3 is 1. The number of nitrogens with one attached hydrogen (secondary N) is 1. The van der Waals surface area contributed by atoms with Gasteiger partial charge < -0.3 is 19.7 Å². The van der Waals surface area contributed by atoms with Gasteiger partial charge in [-0.2, -0.15) is 13.2 Å². The maximum absolute atomic E-state index is 13.2. The molecule has 1 unspecified atom stereocenters. The van der Waals surface area contributed by atoms with Crippen LogP contribution in [-0.2, 0) is 0 Å². The molecule has 150 valence electrons. The molecule has 1 heterocycles. The van der Waals surface area contributed by atoms with Crippen molar-refractivity contribution in [3.05, 3.63) is 53.6 Å². The van der Waals surface area contributed by atoms with Crippen LogP contribution in [0.4, 0.5) is 18.9 Å². The maximum atomic E-state index is 13.2. The summed E-state index contributed by atoms with van der Waals surface area (Å²) < 4.78 is 50.5. The third-order valence-electron chi connectivity index (χ3n) is 4.34. The minimum absolute atomic E-state index is 0.207. The first-order valence-corrected chi connectivity index (χ1v) is 8.88. The normalized spacial score (nSPS) is 16.4. The highest BCUT2D eigenvalue weighted by Gasteiger charge is 2.40. The number of fused-ring (bicyclic) bond motifs is 1. The number of hydrogen-bond acceptors (Lipinski definition) is 4. The zero-order chi connectivity index (χ0) is 20.3. The van der Waals surface area contributed by atoms with Crippen LogP contribution in [0.5, 0.6) is 11.5 Å². The van der Waals surface area contributed by atoms with Crippen LogP contribution in [0.2, 0.25) is 0 Å². The predicted molar refractivity (Wildman–Crippen MR) is 98.7 cm³/mol. The number of hydrogen-bond donors (Lipinski definition) is 1. The lowest BCUT2D eigenvalue weighted by Crippen LogP contribution is -2.47. The van der Waals surface area contributed by atoms with E-state index in [9.17, 15) is 18.0 Å². The fourth-order valence-corrected chi connectivity index (χ4v) is 3.10. The molecule has 0 saturated carbocycles. The van der Waals surface area contributed by atoms with Crippen molar-refractivity contribution in [3.8, 4) is 11.5 Å². The Morgan fingerprint density at radius 1 is 1.14 bits per heavy atom. The number of rotatable bonds is 6. The summed E-state index contributed by atoms with van der Waals surface area (Å²) in [4.78, 5) is 13.6. The van der Waals surface area contributed by atoms with Gasteiger partial charge in [0, 0.05) is 5.69 Å². The average Bonchev–Trinajstić information content (AvgIpc) is 2.67. The van der Waals surface area contributed by atoms with E-state index in [-0.39, 0.29) is 5.56 Å². The number of nitrogens with zero attached hydrogens (tertiary/aromatic N) is 1. The van der Waals surface area contributed by atoms with Gasteiger partial charge in [-0.3, -0.25) is 4.79 Å². The van der Waals surface area contributed by atoms with Gasteiger partial charge in [0.05, 0.1) is 19.3 Å². The van der Waals surface area contributed by atoms with Crippen LogP contribution in [0.15, 0.2) is 42.5 Å². The van der Waals surface area contributed by atoms with E-state index in [1.54, 1.807) is 36.4 Å². The summed E-state index contributed by atoms with van der Waals surface area (Å²) in [5.41, 5.74) is 1.17. The number of para-hydroxylation sites is 1. The van der Waals surface area contributed by atoms with Crippen LogP contribution in [-0.4, -0.2) is 37.2 Å². The molecule has 0 aromatic heterocycles. The number of amides is 1. The minimum Gasteiger partial charge on any atom is -0.493 e. The third-order valence-corrected chi connectivity index (χ3v) is 4.34. The standard InChI is InChI=1S/C20H21F3N2O3/c1-3-10-28-17-11-13(8-9-16(17)27-2)18-24-15-7-5-4-6-14(15)19(26)25(18)12-20(21,22)23/h4-9,11,18,24H,3,10,12H2,1-2H3. The second-order valence-corrected chi connectivity index (χ2v) is 6.40. The molecule has 1 amide bonds. The molecule has 1 N–H and O–H groups in total. The number of halogens is 3. The number of carbonyl (C=O) groups is 1. The van der Waals surface area contributed by atoms with Crippen LogP contribution in [0.1, 0.15) is 35.4 Å². The fourth-order valence-electron chi connectivity index (χ4n) is 3.10. The van der Waals surface area contributed by atoms with Gasteiger partial charge in [-0.05, 0) is 36.2 Å². The number of ether oxygens (including phenoxy) is 2. The minimum atomic E-state index is -4.53. The molecule has 0 aliphatic carbocycles. The highest BCUT2D eigenvalue weighted by Crippen LogP contribution is 2.38. The van der Waals surface area contributed by atoms with Crippen molar-refractivity contribution in [1.82, 2.24) is 4.90 Å². The summed E-state index contributed by atoms with van der Waals surface area (Å²) >= 11 is 0. The number of alkyl halides is 3. The van der Waals surface area contributed by atoms with Crippen LogP contribution >= 0.6 is 0 Å². The highest BCUT2D eigenvalue weighted by atomic mass is 19.4. The molecule has 0 radical (unpaired) electrons. The smallest absolute Gasteiger partial charge is 0.406 e. The summed E-state index contributed by atoms with van der Waals surface area (Å²) in [6.45, 7) is 1.01. The molecule has 5 nitrogen and oxygen atoms in total. The number of carbonyl (C=O) groups excluding carboxylic acids is 1. The first-order chi connectivity index (χ1) is 13.3. The Labute approximate surface area is 161 Å². The summed E-state index contributed by atoms with van der Waals surface area (Å²) in [5, 5.41) is 3.05. The quantitative estimate of drug-likeness (QED) is 0.777. The zero-order valence-corrected chi connectivity index (χ0v) is 15.5. The highest BCUT2D eigenvalue weighted by molar-refractivity contribution is 6.01. The second-order valence-electron chi connectivity index (χ2n) is 6.40. The summed E-state index contributed by atoms with van der Waals surface area (Å²) in [7, 11) is 1.49. The van der Waals surface area contributed by atoms with E-state index >= 15 is 0 Å². The molecule has 0 saturated heterocycles. The first-order valence-electron chi connectivity index (χ1n) is 8.88. The van der Waals surface area contributed by atoms with E-state index < -0.39 is 24.8 Å². The lowest BCUT2D eigenvalue weighted by Gasteiger charge is -2.38. The van der Waals surface area contributed by atoms with E-state index in [2.05, 4.69) is 5.32 Å². The van der Waals surface area contributed by atoms with Crippen molar-refractivity contribution in [2.75, 3.05) is 25.6 Å². The van der Waals surface area contributed by atoms with Gasteiger partial charge in [-0.1, -0.05) is 25.1 Å². The van der Waals surface area contributed by atoms with Gasteiger partial charge in [-0.15, -0.1) is 0 Å². The van der Waals surface area contributed by atoms with Crippen LogP contribution < -0.4 is 14.8 Å². The summed E-state index contributed by atoms with van der Waals surface area (Å²) in [6.07, 6.45) is -4.75. The van der Waals surface area contributed by atoms with Crippen molar-refractivity contribution >= 4 is 11.6 Å². The molecule has 2 aromatic rings. The van der Waals surface area contributed by atoms with Gasteiger partial charge in [0.2, 0.25) is 0 Å². The number of anilines is 1. The van der Waals surface area contributed by atoms with Crippen LogP contribution in [0.25, 0.3) is 0 Å². The molecule has 0 spiro atoms. The Balaban J connectivity index is 2.03. The number of benzene rings is 2. The maximum Gasteiger partial charge on any atom is 0.406 e. The second kappa shape index (κ2) is 8.00. The molecule has 3 rings (SSSR count). The molecule has 8 heteroatoms. The summed E-state index contributed by atoms with van der Waals surface area (Å²) in [5.74, 6) is 0.215. The van der Waals surface area contributed by atoms with Gasteiger partial charge in [-0.25, -0.2) is 0 Å². The Morgan fingerprint density at radius 2 is 1.89 bits per heavy atom. The van der Waals surface area contributed by atoms with Gasteiger partial charge in [0.15, 0.2) is 11.5 Å². The van der Waals surface area contributed by atoms with E-state index in [0.717, 1.165) is 11.3 Å². The van der Waals surface area contributed by atoms with E-state index in [1.165, 1.54) is 13.2 Å². The molecule has 0 fully saturated rings. The Bertz CT molecular complexity index is 855. The van der Waals surface area contributed by atoms with Crippen molar-refractivity contribution in [2.24, 2.45) is 0 Å². The van der Waals surface area contributed by atoms with Gasteiger partial charge in [0.25, 0.3) is 5.91 Å². The Morgan fingerprint density at radius 3 is 2.57 bits per heavy atom. The monoisotopic (exact) mass is 394 g/mol. The molecule has 2 aromatic carbocycles. The topological polar surface area (TPSA) is 50.8 Å². The average molecular weight is 394 g/mol. The first kappa shape index (κ1) is 19.9. The van der Waals surface area contributed by atoms with Crippen molar-refractivity contribution in [1.29, 1.82) is 0 Å². The van der Waals surface area contributed by atoms with Gasteiger partial charge in [0.1, 0.15) is 12.7 Å². The Kier molecular flexibility index (Phi) is 5.67. The van der Waals surface area contributed by atoms with Crippen LogP contribution in [0, 0.1) is 0 Å².